The SMILES string of the molecule is Cc1ccc(C)c(S(=O)(=O)CCN2CCCC2c2noc(C)n2)c1. The molecular formula is C17H23N3O3S. The summed E-state index contributed by atoms with van der Waals surface area (Å²) in [7, 11) is -3.31. The summed E-state index contributed by atoms with van der Waals surface area (Å²) in [4.78, 5) is 6.89. The molecule has 130 valence electrons. The van der Waals surface area contributed by atoms with Crippen LogP contribution in [0.3, 0.4) is 0 Å². The van der Waals surface area contributed by atoms with Crippen LogP contribution in [0.5, 0.6) is 0 Å². The van der Waals surface area contributed by atoms with Gasteiger partial charge in [-0.1, -0.05) is 17.3 Å². The molecule has 1 saturated heterocycles. The maximum absolute atomic E-state index is 12.7. The standard InChI is InChI=1S/C17H23N3O3S/c1-12-6-7-13(2)16(11-12)24(21,22)10-9-20-8-4-5-15(20)17-18-14(3)23-19-17/h6-7,11,15H,4-5,8-10H2,1-3H3. The lowest BCUT2D eigenvalue weighted by Gasteiger charge is -2.21. The summed E-state index contributed by atoms with van der Waals surface area (Å²) in [6, 6.07) is 5.61. The summed E-state index contributed by atoms with van der Waals surface area (Å²) in [6.45, 7) is 6.86. The number of benzene rings is 1. The topological polar surface area (TPSA) is 76.3 Å². The van der Waals surface area contributed by atoms with Gasteiger partial charge < -0.3 is 4.52 Å². The number of nitrogens with zero attached hydrogens (tertiary/aromatic N) is 3. The fraction of sp³-hybridized carbons (Fsp3) is 0.529. The van der Waals surface area contributed by atoms with E-state index in [1.165, 1.54) is 0 Å². The van der Waals surface area contributed by atoms with Gasteiger partial charge in [-0.3, -0.25) is 4.90 Å². The van der Waals surface area contributed by atoms with Crippen molar-refractivity contribution in [2.75, 3.05) is 18.8 Å². The Morgan fingerprint density at radius 2 is 2.08 bits per heavy atom. The Morgan fingerprint density at radius 1 is 1.29 bits per heavy atom. The average Bonchev–Trinajstić information content (AvgIpc) is 3.16. The molecule has 0 aliphatic carbocycles. The van der Waals surface area contributed by atoms with Crippen LogP contribution < -0.4 is 0 Å². The van der Waals surface area contributed by atoms with Gasteiger partial charge in [0.25, 0.3) is 0 Å². The summed E-state index contributed by atoms with van der Waals surface area (Å²) < 4.78 is 30.5. The molecule has 0 spiro atoms. The van der Waals surface area contributed by atoms with Gasteiger partial charge in [0.05, 0.1) is 16.7 Å². The summed E-state index contributed by atoms with van der Waals surface area (Å²) >= 11 is 0. The second kappa shape index (κ2) is 6.64. The van der Waals surface area contributed by atoms with E-state index in [2.05, 4.69) is 15.0 Å². The highest BCUT2D eigenvalue weighted by atomic mass is 32.2. The molecule has 1 aromatic carbocycles. The molecule has 3 rings (SSSR count). The Bertz CT molecular complexity index is 829. The van der Waals surface area contributed by atoms with Crippen molar-refractivity contribution in [1.29, 1.82) is 0 Å². The number of aromatic nitrogens is 2. The highest BCUT2D eigenvalue weighted by Gasteiger charge is 2.31. The number of likely N-dealkylation sites (tertiary alicyclic amines) is 1. The second-order valence-corrected chi connectivity index (χ2v) is 8.53. The van der Waals surface area contributed by atoms with E-state index in [1.807, 2.05) is 26.0 Å². The van der Waals surface area contributed by atoms with Crippen molar-refractivity contribution in [3.8, 4) is 0 Å². The molecule has 1 aliphatic heterocycles. The van der Waals surface area contributed by atoms with Gasteiger partial charge in [-0.05, 0) is 50.4 Å². The Kier molecular flexibility index (Phi) is 4.73. The molecule has 2 aromatic rings. The molecule has 0 amide bonds. The van der Waals surface area contributed by atoms with Gasteiger partial charge in [0, 0.05) is 13.5 Å². The maximum Gasteiger partial charge on any atom is 0.223 e. The molecule has 0 saturated carbocycles. The molecule has 0 bridgehead atoms. The molecule has 0 N–H and O–H groups in total. The highest BCUT2D eigenvalue weighted by molar-refractivity contribution is 7.91. The Hall–Kier alpha value is -1.73. The van der Waals surface area contributed by atoms with Crippen molar-refractivity contribution < 1.29 is 12.9 Å². The third-order valence-electron chi connectivity index (χ3n) is 4.53. The van der Waals surface area contributed by atoms with E-state index in [0.29, 0.717) is 23.2 Å². The van der Waals surface area contributed by atoms with E-state index >= 15 is 0 Å². The predicted octanol–water partition coefficient (Wildman–Crippen LogP) is 2.61. The zero-order chi connectivity index (χ0) is 17.3. The van der Waals surface area contributed by atoms with Crippen LogP contribution in [0.1, 0.15) is 41.7 Å². The van der Waals surface area contributed by atoms with E-state index < -0.39 is 9.84 Å². The molecule has 1 fully saturated rings. The normalized spacial score (nSPS) is 19.0. The molecule has 0 radical (unpaired) electrons. The first kappa shape index (κ1) is 17.1. The third-order valence-corrected chi connectivity index (χ3v) is 6.36. The molecule has 2 heterocycles. The van der Waals surface area contributed by atoms with Crippen LogP contribution in [-0.4, -0.2) is 42.3 Å². The second-order valence-electron chi connectivity index (χ2n) is 6.45. The maximum atomic E-state index is 12.7. The van der Waals surface area contributed by atoms with Crippen molar-refractivity contribution in [2.45, 2.75) is 44.6 Å². The Labute approximate surface area is 142 Å². The van der Waals surface area contributed by atoms with Crippen LogP contribution in [0, 0.1) is 20.8 Å². The summed E-state index contributed by atoms with van der Waals surface area (Å²) in [5.74, 6) is 1.30. The van der Waals surface area contributed by atoms with Crippen LogP contribution in [0.2, 0.25) is 0 Å². The number of hydrogen-bond acceptors (Lipinski definition) is 6. The van der Waals surface area contributed by atoms with Gasteiger partial charge >= 0.3 is 0 Å². The number of hydrogen-bond donors (Lipinski definition) is 0. The van der Waals surface area contributed by atoms with Crippen molar-refractivity contribution in [2.24, 2.45) is 0 Å². The van der Waals surface area contributed by atoms with Gasteiger partial charge in [-0.2, -0.15) is 4.98 Å². The lowest BCUT2D eigenvalue weighted by Crippen LogP contribution is -2.30. The molecule has 1 aromatic heterocycles. The van der Waals surface area contributed by atoms with Crippen LogP contribution in [0.4, 0.5) is 0 Å². The quantitative estimate of drug-likeness (QED) is 0.826. The third kappa shape index (κ3) is 3.52. The van der Waals surface area contributed by atoms with Crippen molar-refractivity contribution >= 4 is 9.84 Å². The summed E-state index contributed by atoms with van der Waals surface area (Å²) in [5.41, 5.74) is 1.76. The van der Waals surface area contributed by atoms with Crippen LogP contribution in [0.25, 0.3) is 0 Å². The minimum atomic E-state index is -3.31. The first-order valence-corrected chi connectivity index (χ1v) is 9.86. The lowest BCUT2D eigenvalue weighted by atomic mass is 10.2. The lowest BCUT2D eigenvalue weighted by molar-refractivity contribution is 0.255. The fourth-order valence-electron chi connectivity index (χ4n) is 3.23. The Balaban J connectivity index is 1.73. The van der Waals surface area contributed by atoms with E-state index in [0.717, 1.165) is 30.5 Å². The molecule has 24 heavy (non-hydrogen) atoms. The Morgan fingerprint density at radius 3 is 2.79 bits per heavy atom. The largest absolute Gasteiger partial charge is 0.340 e. The van der Waals surface area contributed by atoms with Crippen molar-refractivity contribution in [3.05, 3.63) is 41.0 Å². The minimum Gasteiger partial charge on any atom is -0.340 e. The minimum absolute atomic E-state index is 0.0521. The van der Waals surface area contributed by atoms with Crippen LogP contribution in [0.15, 0.2) is 27.6 Å². The molecule has 1 unspecified atom stereocenters. The summed E-state index contributed by atoms with van der Waals surface area (Å²) in [6.07, 6.45) is 1.95. The van der Waals surface area contributed by atoms with Gasteiger partial charge in [-0.25, -0.2) is 8.42 Å². The molecule has 6 nitrogen and oxygen atoms in total. The highest BCUT2D eigenvalue weighted by Crippen LogP contribution is 2.30. The number of sulfone groups is 1. The first-order chi connectivity index (χ1) is 11.4. The van der Waals surface area contributed by atoms with Crippen molar-refractivity contribution in [3.63, 3.8) is 0 Å². The number of rotatable bonds is 5. The zero-order valence-corrected chi connectivity index (χ0v) is 15.1. The van der Waals surface area contributed by atoms with Crippen LogP contribution >= 0.6 is 0 Å². The van der Waals surface area contributed by atoms with Gasteiger partial charge in [0.2, 0.25) is 5.89 Å². The van der Waals surface area contributed by atoms with Crippen LogP contribution in [-0.2, 0) is 9.84 Å². The molecular weight excluding hydrogens is 326 g/mol. The van der Waals surface area contributed by atoms with Crippen molar-refractivity contribution in [1.82, 2.24) is 15.0 Å². The van der Waals surface area contributed by atoms with Gasteiger partial charge in [-0.15, -0.1) is 0 Å². The summed E-state index contributed by atoms with van der Waals surface area (Å²) in [5, 5.41) is 4.00. The first-order valence-electron chi connectivity index (χ1n) is 8.21. The molecule has 7 heteroatoms. The number of aryl methyl sites for hydroxylation is 3. The van der Waals surface area contributed by atoms with E-state index in [-0.39, 0.29) is 11.8 Å². The molecule has 1 atom stereocenters. The van der Waals surface area contributed by atoms with Gasteiger partial charge in [0.15, 0.2) is 15.7 Å². The molecule has 1 aliphatic rings. The smallest absolute Gasteiger partial charge is 0.223 e. The fourth-order valence-corrected chi connectivity index (χ4v) is 4.85. The average molecular weight is 349 g/mol. The van der Waals surface area contributed by atoms with E-state index in [1.54, 1.807) is 13.0 Å². The van der Waals surface area contributed by atoms with E-state index in [4.69, 9.17) is 4.52 Å². The van der Waals surface area contributed by atoms with E-state index in [9.17, 15) is 8.42 Å². The predicted molar refractivity (Wildman–Crippen MR) is 90.6 cm³/mol. The van der Waals surface area contributed by atoms with Gasteiger partial charge in [0.1, 0.15) is 0 Å². The monoisotopic (exact) mass is 349 g/mol. The zero-order valence-electron chi connectivity index (χ0n) is 14.3.